The molecule has 4 heteroatoms. The second-order valence-corrected chi connectivity index (χ2v) is 4.72. The Morgan fingerprint density at radius 3 is 2.89 bits per heavy atom. The maximum atomic E-state index is 5.33. The lowest BCUT2D eigenvalue weighted by Gasteiger charge is -2.34. The zero-order chi connectivity index (χ0) is 12.8. The summed E-state index contributed by atoms with van der Waals surface area (Å²) in [7, 11) is 1.69. The summed E-state index contributed by atoms with van der Waals surface area (Å²) in [6, 6.07) is 4.77. The number of nitrogens with zero attached hydrogens (tertiary/aromatic N) is 2. The number of pyridine rings is 1. The molecule has 0 saturated carbocycles. The van der Waals surface area contributed by atoms with Gasteiger partial charge >= 0.3 is 0 Å². The van der Waals surface area contributed by atoms with Crippen molar-refractivity contribution < 1.29 is 4.74 Å². The highest BCUT2D eigenvalue weighted by molar-refractivity contribution is 5.25. The van der Waals surface area contributed by atoms with Crippen molar-refractivity contribution in [1.29, 1.82) is 0 Å². The summed E-state index contributed by atoms with van der Waals surface area (Å²) in [6.45, 7) is 6.49. The van der Waals surface area contributed by atoms with Gasteiger partial charge in [-0.15, -0.1) is 0 Å². The Hall–Kier alpha value is -1.13. The van der Waals surface area contributed by atoms with Crippen molar-refractivity contribution in [2.24, 2.45) is 0 Å². The largest absolute Gasteiger partial charge is 0.481 e. The van der Waals surface area contributed by atoms with Crippen LogP contribution in [0.3, 0.4) is 0 Å². The van der Waals surface area contributed by atoms with Gasteiger partial charge in [-0.25, -0.2) is 4.98 Å². The lowest BCUT2D eigenvalue weighted by atomic mass is 10.0. The lowest BCUT2D eigenvalue weighted by Crippen LogP contribution is -2.42. The standard InChI is InChI=1S/C14H23N3O/c1-3-17(13-6-9-15-10-7-13)11-12-5-4-8-16-14(12)18-2/h4-5,8,13,15H,3,6-7,9-11H2,1-2H3. The van der Waals surface area contributed by atoms with E-state index in [2.05, 4.69) is 28.2 Å². The second-order valence-electron chi connectivity index (χ2n) is 4.72. The van der Waals surface area contributed by atoms with Gasteiger partial charge in [0.25, 0.3) is 0 Å². The summed E-state index contributed by atoms with van der Waals surface area (Å²) in [6.07, 6.45) is 4.25. The van der Waals surface area contributed by atoms with E-state index in [9.17, 15) is 0 Å². The second kappa shape index (κ2) is 6.71. The van der Waals surface area contributed by atoms with Crippen LogP contribution in [0.1, 0.15) is 25.3 Å². The van der Waals surface area contributed by atoms with Gasteiger partial charge in [0.15, 0.2) is 0 Å². The third kappa shape index (κ3) is 3.21. The minimum Gasteiger partial charge on any atom is -0.481 e. The number of nitrogens with one attached hydrogen (secondary N) is 1. The van der Waals surface area contributed by atoms with Crippen LogP contribution in [0.4, 0.5) is 0 Å². The van der Waals surface area contributed by atoms with Crippen LogP contribution in [-0.2, 0) is 6.54 Å². The van der Waals surface area contributed by atoms with Crippen molar-refractivity contribution in [1.82, 2.24) is 15.2 Å². The molecule has 0 aromatic carbocycles. The third-order valence-corrected chi connectivity index (χ3v) is 3.65. The van der Waals surface area contributed by atoms with Crippen molar-refractivity contribution in [3.05, 3.63) is 23.9 Å². The van der Waals surface area contributed by atoms with Gasteiger partial charge in [-0.2, -0.15) is 0 Å². The van der Waals surface area contributed by atoms with E-state index >= 15 is 0 Å². The van der Waals surface area contributed by atoms with Crippen LogP contribution < -0.4 is 10.1 Å². The molecule has 2 heterocycles. The molecule has 1 aromatic rings. The van der Waals surface area contributed by atoms with Crippen LogP contribution in [0, 0.1) is 0 Å². The van der Waals surface area contributed by atoms with Gasteiger partial charge < -0.3 is 10.1 Å². The Kier molecular flexibility index (Phi) is 4.96. The van der Waals surface area contributed by atoms with Crippen LogP contribution in [0.5, 0.6) is 5.88 Å². The normalized spacial score (nSPS) is 17.1. The molecule has 2 rings (SSSR count). The minimum absolute atomic E-state index is 0.682. The van der Waals surface area contributed by atoms with Crippen molar-refractivity contribution in [3.8, 4) is 5.88 Å². The summed E-state index contributed by atoms with van der Waals surface area (Å²) < 4.78 is 5.33. The Balaban J connectivity index is 2.04. The van der Waals surface area contributed by atoms with Crippen molar-refractivity contribution in [3.63, 3.8) is 0 Å². The number of ether oxygens (including phenoxy) is 1. The molecule has 0 atom stereocenters. The van der Waals surface area contributed by atoms with Gasteiger partial charge in [-0.05, 0) is 38.5 Å². The molecule has 1 aliphatic rings. The monoisotopic (exact) mass is 249 g/mol. The molecule has 0 spiro atoms. The first-order chi connectivity index (χ1) is 8.85. The molecule has 18 heavy (non-hydrogen) atoms. The zero-order valence-electron chi connectivity index (χ0n) is 11.4. The van der Waals surface area contributed by atoms with Crippen molar-refractivity contribution in [2.45, 2.75) is 32.4 Å². The molecule has 0 radical (unpaired) electrons. The van der Waals surface area contributed by atoms with E-state index in [-0.39, 0.29) is 0 Å². The predicted molar refractivity (Wildman–Crippen MR) is 72.8 cm³/mol. The first-order valence-electron chi connectivity index (χ1n) is 6.77. The van der Waals surface area contributed by atoms with Gasteiger partial charge in [0, 0.05) is 24.3 Å². The molecule has 0 aliphatic carbocycles. The highest BCUT2D eigenvalue weighted by atomic mass is 16.5. The maximum absolute atomic E-state index is 5.33. The molecule has 1 saturated heterocycles. The molecular formula is C14H23N3O. The Labute approximate surface area is 109 Å². The van der Waals surface area contributed by atoms with Crippen LogP contribution in [0.2, 0.25) is 0 Å². The third-order valence-electron chi connectivity index (χ3n) is 3.65. The van der Waals surface area contributed by atoms with Gasteiger partial charge in [-0.1, -0.05) is 13.0 Å². The predicted octanol–water partition coefficient (Wildman–Crippen LogP) is 1.66. The Bertz CT molecular complexity index is 364. The first-order valence-corrected chi connectivity index (χ1v) is 6.77. The molecular weight excluding hydrogens is 226 g/mol. The SMILES string of the molecule is CCN(Cc1cccnc1OC)C1CCNCC1. The van der Waals surface area contributed by atoms with E-state index in [1.807, 2.05) is 6.07 Å². The van der Waals surface area contributed by atoms with E-state index in [1.165, 1.54) is 18.4 Å². The fourth-order valence-corrected chi connectivity index (χ4v) is 2.62. The fraction of sp³-hybridized carbons (Fsp3) is 0.643. The van der Waals surface area contributed by atoms with Crippen molar-refractivity contribution in [2.75, 3.05) is 26.7 Å². The van der Waals surface area contributed by atoms with Gasteiger partial charge in [0.1, 0.15) is 0 Å². The van der Waals surface area contributed by atoms with Crippen LogP contribution >= 0.6 is 0 Å². The fourth-order valence-electron chi connectivity index (χ4n) is 2.62. The van der Waals surface area contributed by atoms with E-state index in [1.54, 1.807) is 13.3 Å². The topological polar surface area (TPSA) is 37.4 Å². The molecule has 1 fully saturated rings. The summed E-state index contributed by atoms with van der Waals surface area (Å²) in [5.41, 5.74) is 1.18. The lowest BCUT2D eigenvalue weighted by molar-refractivity contribution is 0.160. The van der Waals surface area contributed by atoms with Crippen molar-refractivity contribution >= 4 is 0 Å². The number of methoxy groups -OCH3 is 1. The number of aromatic nitrogens is 1. The Morgan fingerprint density at radius 1 is 1.44 bits per heavy atom. The molecule has 100 valence electrons. The smallest absolute Gasteiger partial charge is 0.217 e. The summed E-state index contributed by atoms with van der Waals surface area (Å²) in [4.78, 5) is 6.80. The highest BCUT2D eigenvalue weighted by Gasteiger charge is 2.20. The molecule has 4 nitrogen and oxygen atoms in total. The first kappa shape index (κ1) is 13.3. The summed E-state index contributed by atoms with van der Waals surface area (Å²) in [5, 5.41) is 3.42. The quantitative estimate of drug-likeness (QED) is 0.861. The van der Waals surface area contributed by atoms with E-state index in [0.717, 1.165) is 32.1 Å². The summed E-state index contributed by atoms with van der Waals surface area (Å²) >= 11 is 0. The molecule has 0 bridgehead atoms. The van der Waals surface area contributed by atoms with Crippen LogP contribution in [-0.4, -0.2) is 42.7 Å². The highest BCUT2D eigenvalue weighted by Crippen LogP contribution is 2.20. The van der Waals surface area contributed by atoms with E-state index in [4.69, 9.17) is 4.74 Å². The van der Waals surface area contributed by atoms with E-state index in [0.29, 0.717) is 6.04 Å². The number of rotatable bonds is 5. The Morgan fingerprint density at radius 2 is 2.22 bits per heavy atom. The number of hydrogen-bond donors (Lipinski definition) is 1. The maximum Gasteiger partial charge on any atom is 0.217 e. The van der Waals surface area contributed by atoms with E-state index < -0.39 is 0 Å². The van der Waals surface area contributed by atoms with Gasteiger partial charge in [-0.3, -0.25) is 4.90 Å². The molecule has 1 N–H and O–H groups in total. The minimum atomic E-state index is 0.682. The van der Waals surface area contributed by atoms with Crippen LogP contribution in [0.15, 0.2) is 18.3 Å². The number of piperidine rings is 1. The average Bonchev–Trinajstić information content (AvgIpc) is 2.46. The number of hydrogen-bond acceptors (Lipinski definition) is 4. The zero-order valence-corrected chi connectivity index (χ0v) is 11.4. The van der Waals surface area contributed by atoms with Gasteiger partial charge in [0.2, 0.25) is 5.88 Å². The average molecular weight is 249 g/mol. The van der Waals surface area contributed by atoms with Crippen LogP contribution in [0.25, 0.3) is 0 Å². The molecule has 1 aliphatic heterocycles. The summed E-state index contributed by atoms with van der Waals surface area (Å²) in [5.74, 6) is 0.755. The van der Waals surface area contributed by atoms with Gasteiger partial charge in [0.05, 0.1) is 7.11 Å². The molecule has 0 amide bonds. The molecule has 1 aromatic heterocycles. The molecule has 0 unspecified atom stereocenters.